The van der Waals surface area contributed by atoms with Crippen LogP contribution >= 0.6 is 23.2 Å². The summed E-state index contributed by atoms with van der Waals surface area (Å²) in [7, 11) is 1.83. The van der Waals surface area contributed by atoms with Gasteiger partial charge in [-0.25, -0.2) is 4.39 Å². The van der Waals surface area contributed by atoms with Crippen molar-refractivity contribution in [1.29, 1.82) is 0 Å². The number of aliphatic imine (C=N–C) groups is 1. The van der Waals surface area contributed by atoms with Gasteiger partial charge in [0, 0.05) is 40.5 Å². The highest BCUT2D eigenvalue weighted by Crippen LogP contribution is 2.19. The van der Waals surface area contributed by atoms with E-state index < -0.39 is 17.9 Å². The summed E-state index contributed by atoms with van der Waals surface area (Å²) in [6.07, 6.45) is -0.173. The van der Waals surface area contributed by atoms with Crippen molar-refractivity contribution in [3.05, 3.63) is 99.1 Å². The van der Waals surface area contributed by atoms with Crippen LogP contribution in [0.25, 0.3) is 0 Å². The van der Waals surface area contributed by atoms with Crippen LogP contribution in [0.3, 0.4) is 0 Å². The van der Waals surface area contributed by atoms with Crippen molar-refractivity contribution >= 4 is 46.4 Å². The van der Waals surface area contributed by atoms with Crippen LogP contribution in [0.2, 0.25) is 10.0 Å². The van der Waals surface area contributed by atoms with Crippen LogP contribution in [0.4, 0.5) is 15.8 Å². The molecule has 3 aromatic rings. The number of carbonyl (C=O) groups is 1. The zero-order valence-corrected chi connectivity index (χ0v) is 19.7. The van der Waals surface area contributed by atoms with E-state index in [0.717, 1.165) is 11.8 Å². The number of para-hydroxylation sites is 1. The van der Waals surface area contributed by atoms with E-state index >= 15 is 0 Å². The molecule has 1 amide bonds. The summed E-state index contributed by atoms with van der Waals surface area (Å²) in [5, 5.41) is 9.57. The van der Waals surface area contributed by atoms with Gasteiger partial charge in [-0.2, -0.15) is 9.90 Å². The third-order valence-corrected chi connectivity index (χ3v) is 5.29. The van der Waals surface area contributed by atoms with Gasteiger partial charge in [-0.1, -0.05) is 52.6 Å². The topological polar surface area (TPSA) is 86.2 Å². The van der Waals surface area contributed by atoms with Gasteiger partial charge in [0.15, 0.2) is 0 Å². The SMILES string of the molecule is CN(c1ccccc1)C(CCN=O)N/C(=N\C(=O)c1cccc(Cl)c1)Nc1cc(F)cc(Cl)c1. The molecule has 0 saturated carbocycles. The molecule has 10 heteroatoms. The Morgan fingerprint density at radius 2 is 1.79 bits per heavy atom. The predicted octanol–water partition coefficient (Wildman–Crippen LogP) is 5.95. The molecule has 0 bridgehead atoms. The third-order valence-electron chi connectivity index (χ3n) is 4.84. The number of anilines is 2. The Labute approximate surface area is 206 Å². The molecule has 7 nitrogen and oxygen atoms in total. The molecule has 0 spiro atoms. The smallest absolute Gasteiger partial charge is 0.280 e. The Morgan fingerprint density at radius 3 is 2.47 bits per heavy atom. The summed E-state index contributed by atoms with van der Waals surface area (Å²) < 4.78 is 13.9. The normalized spacial score (nSPS) is 12.1. The molecular weight excluding hydrogens is 480 g/mol. The molecule has 34 heavy (non-hydrogen) atoms. The minimum atomic E-state index is -0.574. The fourth-order valence-corrected chi connectivity index (χ4v) is 3.60. The number of hydrogen-bond donors (Lipinski definition) is 2. The lowest BCUT2D eigenvalue weighted by Gasteiger charge is -2.31. The number of guanidine groups is 1. The van der Waals surface area contributed by atoms with E-state index in [2.05, 4.69) is 20.8 Å². The van der Waals surface area contributed by atoms with Gasteiger partial charge in [-0.15, -0.1) is 0 Å². The van der Waals surface area contributed by atoms with Crippen molar-refractivity contribution in [2.45, 2.75) is 12.6 Å². The molecule has 0 saturated heterocycles. The van der Waals surface area contributed by atoms with E-state index in [1.165, 1.54) is 18.2 Å². The van der Waals surface area contributed by atoms with Crippen LogP contribution in [0.15, 0.2) is 83.0 Å². The van der Waals surface area contributed by atoms with Crippen molar-refractivity contribution < 1.29 is 9.18 Å². The van der Waals surface area contributed by atoms with Gasteiger partial charge >= 0.3 is 0 Å². The zero-order valence-electron chi connectivity index (χ0n) is 18.2. The standard InChI is InChI=1S/C24H22Cl2FN5O2/c1-32(21-8-3-2-4-9-21)22(10-11-28-34)30-24(29-20-14-18(26)13-19(27)15-20)31-23(33)16-6-5-7-17(25)12-16/h2-9,12-15,22H,10-11H2,1H3,(H2,29,30,31,33). The van der Waals surface area contributed by atoms with Gasteiger partial charge in [-0.05, 0) is 48.5 Å². The average Bonchev–Trinajstić information content (AvgIpc) is 2.81. The van der Waals surface area contributed by atoms with Crippen LogP contribution in [0.1, 0.15) is 16.8 Å². The van der Waals surface area contributed by atoms with Crippen LogP contribution in [-0.4, -0.2) is 31.6 Å². The Bertz CT molecular complexity index is 1160. The maximum atomic E-state index is 13.9. The molecule has 0 heterocycles. The number of benzene rings is 3. The van der Waals surface area contributed by atoms with Crippen molar-refractivity contribution in [2.24, 2.45) is 10.2 Å². The largest absolute Gasteiger partial charge is 0.354 e. The highest BCUT2D eigenvalue weighted by Gasteiger charge is 2.19. The minimum absolute atomic E-state index is 0.0240. The number of halogens is 3. The summed E-state index contributed by atoms with van der Waals surface area (Å²) in [5.74, 6) is -1.10. The van der Waals surface area contributed by atoms with E-state index in [4.69, 9.17) is 23.2 Å². The van der Waals surface area contributed by atoms with Crippen molar-refractivity contribution in [1.82, 2.24) is 5.32 Å². The summed E-state index contributed by atoms with van der Waals surface area (Å²) in [6, 6.07) is 19.7. The molecule has 1 atom stereocenters. The van der Waals surface area contributed by atoms with E-state index in [-0.39, 0.29) is 28.8 Å². The first kappa shape index (κ1) is 25.1. The Balaban J connectivity index is 1.95. The van der Waals surface area contributed by atoms with E-state index in [0.29, 0.717) is 11.4 Å². The maximum absolute atomic E-state index is 13.9. The first-order valence-electron chi connectivity index (χ1n) is 10.3. The predicted molar refractivity (Wildman–Crippen MR) is 135 cm³/mol. The van der Waals surface area contributed by atoms with Crippen LogP contribution in [-0.2, 0) is 0 Å². The number of carbonyl (C=O) groups excluding carboxylic acids is 1. The molecule has 0 radical (unpaired) electrons. The third kappa shape index (κ3) is 7.26. The molecule has 0 aromatic heterocycles. The van der Waals surface area contributed by atoms with Crippen molar-refractivity contribution in [2.75, 3.05) is 23.8 Å². The van der Waals surface area contributed by atoms with Crippen LogP contribution in [0.5, 0.6) is 0 Å². The molecular formula is C24H22Cl2FN5O2. The highest BCUT2D eigenvalue weighted by molar-refractivity contribution is 6.31. The van der Waals surface area contributed by atoms with Crippen LogP contribution < -0.4 is 15.5 Å². The second kappa shape index (κ2) is 12.1. The fraction of sp³-hybridized carbons (Fsp3) is 0.167. The molecule has 1 unspecified atom stereocenters. The van der Waals surface area contributed by atoms with Gasteiger partial charge in [-0.3, -0.25) is 4.79 Å². The van der Waals surface area contributed by atoms with E-state index in [9.17, 15) is 14.1 Å². The van der Waals surface area contributed by atoms with E-state index in [1.54, 1.807) is 18.2 Å². The monoisotopic (exact) mass is 501 g/mol. The van der Waals surface area contributed by atoms with Crippen molar-refractivity contribution in [3.8, 4) is 0 Å². The maximum Gasteiger partial charge on any atom is 0.280 e. The summed E-state index contributed by atoms with van der Waals surface area (Å²) >= 11 is 12.0. The Kier molecular flexibility index (Phi) is 8.95. The van der Waals surface area contributed by atoms with Gasteiger partial charge in [0.1, 0.15) is 12.0 Å². The summed E-state index contributed by atoms with van der Waals surface area (Å²) in [4.78, 5) is 29.8. The Morgan fingerprint density at radius 1 is 1.03 bits per heavy atom. The average molecular weight is 502 g/mol. The zero-order chi connectivity index (χ0) is 24.5. The number of nitrogens with one attached hydrogen (secondary N) is 2. The molecule has 0 aliphatic heterocycles. The lowest BCUT2D eigenvalue weighted by Crippen LogP contribution is -2.49. The van der Waals surface area contributed by atoms with Crippen LogP contribution in [0, 0.1) is 10.7 Å². The minimum Gasteiger partial charge on any atom is -0.354 e. The number of rotatable bonds is 8. The number of amides is 1. The second-order valence-corrected chi connectivity index (χ2v) is 8.18. The highest BCUT2D eigenvalue weighted by atomic mass is 35.5. The van der Waals surface area contributed by atoms with Crippen molar-refractivity contribution in [3.63, 3.8) is 0 Å². The number of nitrogens with zero attached hydrogens (tertiary/aromatic N) is 3. The summed E-state index contributed by atoms with van der Waals surface area (Å²) in [5.41, 5.74) is 1.42. The molecule has 3 rings (SSSR count). The van der Waals surface area contributed by atoms with Gasteiger partial charge in [0.2, 0.25) is 5.96 Å². The van der Waals surface area contributed by atoms with Gasteiger partial charge in [0.05, 0.1) is 6.54 Å². The Hall–Kier alpha value is -3.49. The van der Waals surface area contributed by atoms with E-state index in [1.807, 2.05) is 42.3 Å². The molecule has 0 aliphatic rings. The van der Waals surface area contributed by atoms with Gasteiger partial charge < -0.3 is 15.5 Å². The molecule has 0 aliphatic carbocycles. The van der Waals surface area contributed by atoms with Gasteiger partial charge in [0.25, 0.3) is 5.91 Å². The first-order chi connectivity index (χ1) is 16.4. The lowest BCUT2D eigenvalue weighted by molar-refractivity contribution is 0.100. The first-order valence-corrected chi connectivity index (χ1v) is 11.1. The lowest BCUT2D eigenvalue weighted by atomic mass is 10.2. The fourth-order valence-electron chi connectivity index (χ4n) is 3.19. The molecule has 0 fully saturated rings. The molecule has 2 N–H and O–H groups in total. The molecule has 3 aromatic carbocycles. The number of hydrogen-bond acceptors (Lipinski definition) is 4. The second-order valence-electron chi connectivity index (χ2n) is 7.31. The molecule has 176 valence electrons. The quantitative estimate of drug-likeness (QED) is 0.172. The summed E-state index contributed by atoms with van der Waals surface area (Å²) in [6.45, 7) is 0.0240. The number of nitroso groups, excluding NO2 is 1.